The largest absolute Gasteiger partial charge is 0.467 e. The maximum Gasteiger partial charge on any atom is 0.410 e. The number of carbonyl (C=O) groups excluding carboxylic acids is 1. The molecule has 4 heterocycles. The number of rotatable bonds is 4. The van der Waals surface area contributed by atoms with Crippen LogP contribution in [0.15, 0.2) is 24.4 Å². The number of anilines is 1. The molecule has 2 aromatic heterocycles. The Hall–Kier alpha value is -3.47. The number of fused-ring (bicyclic) bond motifs is 1. The summed E-state index contributed by atoms with van der Waals surface area (Å²) in [6.07, 6.45) is 0.818. The molecule has 1 amide bonds. The molecule has 0 aliphatic carbocycles. The molecule has 1 N–H and O–H groups in total. The first-order valence-corrected chi connectivity index (χ1v) is 13.0. The zero-order valence-electron chi connectivity index (χ0n) is 22.5. The lowest BCUT2D eigenvalue weighted by Gasteiger charge is -2.36. The van der Waals surface area contributed by atoms with Crippen molar-refractivity contribution in [1.82, 2.24) is 24.6 Å². The molecule has 2 saturated heterocycles. The van der Waals surface area contributed by atoms with Crippen molar-refractivity contribution in [1.29, 1.82) is 0 Å². The summed E-state index contributed by atoms with van der Waals surface area (Å²) in [5, 5.41) is 15.5. The van der Waals surface area contributed by atoms with E-state index in [0.29, 0.717) is 44.1 Å². The van der Waals surface area contributed by atoms with Gasteiger partial charge in [0, 0.05) is 37.0 Å². The lowest BCUT2D eigenvalue weighted by molar-refractivity contribution is 0.0111. The van der Waals surface area contributed by atoms with Crippen molar-refractivity contribution in [3.8, 4) is 11.8 Å². The molecule has 3 aromatic rings. The SMILES string of the molecule is COc1nc(N2CC[C@@H](O)C2)cc(-n2ncc3cc(C)c([C@@H]4CCN(C(=O)OC(C)(C)C)C[C@@H]4F)cc32)n1. The normalized spacial score (nSPS) is 22.2. The van der Waals surface area contributed by atoms with Crippen LogP contribution in [-0.2, 0) is 4.74 Å². The number of carbonyl (C=O) groups is 1. The zero-order valence-corrected chi connectivity index (χ0v) is 22.5. The summed E-state index contributed by atoms with van der Waals surface area (Å²) >= 11 is 0. The smallest absolute Gasteiger partial charge is 0.410 e. The molecule has 10 nitrogen and oxygen atoms in total. The van der Waals surface area contributed by atoms with Gasteiger partial charge in [0.15, 0.2) is 5.82 Å². The van der Waals surface area contributed by atoms with Crippen LogP contribution in [0, 0.1) is 6.92 Å². The highest BCUT2D eigenvalue weighted by Crippen LogP contribution is 2.36. The number of ether oxygens (including phenoxy) is 2. The van der Waals surface area contributed by atoms with Gasteiger partial charge < -0.3 is 24.4 Å². The van der Waals surface area contributed by atoms with Crippen LogP contribution >= 0.6 is 0 Å². The molecule has 3 atom stereocenters. The highest BCUT2D eigenvalue weighted by atomic mass is 19.1. The van der Waals surface area contributed by atoms with Gasteiger partial charge in [0.25, 0.3) is 0 Å². The van der Waals surface area contributed by atoms with Crippen molar-refractivity contribution in [2.75, 3.05) is 38.2 Å². The first kappa shape index (κ1) is 26.1. The third-order valence-electron chi connectivity index (χ3n) is 7.11. The maximum atomic E-state index is 15.5. The van der Waals surface area contributed by atoms with E-state index in [2.05, 4.69) is 15.1 Å². The fourth-order valence-electron chi connectivity index (χ4n) is 5.25. The number of aliphatic hydroxyl groups is 1. The molecule has 2 fully saturated rings. The number of aromatic nitrogens is 4. The van der Waals surface area contributed by atoms with Crippen molar-refractivity contribution in [3.05, 3.63) is 35.5 Å². The molecular formula is C27H35FN6O4. The second-order valence-electron chi connectivity index (χ2n) is 11.1. The van der Waals surface area contributed by atoms with Gasteiger partial charge in [-0.2, -0.15) is 15.1 Å². The summed E-state index contributed by atoms with van der Waals surface area (Å²) < 4.78 is 28.0. The topological polar surface area (TPSA) is 106 Å². The summed E-state index contributed by atoms with van der Waals surface area (Å²) in [4.78, 5) is 24.9. The Kier molecular flexibility index (Phi) is 6.89. The van der Waals surface area contributed by atoms with Crippen LogP contribution in [0.25, 0.3) is 16.7 Å². The average Bonchev–Trinajstić information content (AvgIpc) is 3.48. The fraction of sp³-hybridized carbons (Fsp3) is 0.556. The minimum absolute atomic E-state index is 0.00945. The second kappa shape index (κ2) is 10.0. The number of nitrogens with zero attached hydrogens (tertiary/aromatic N) is 6. The van der Waals surface area contributed by atoms with Gasteiger partial charge in [-0.05, 0) is 63.8 Å². The van der Waals surface area contributed by atoms with Gasteiger partial charge in [-0.3, -0.25) is 0 Å². The lowest BCUT2D eigenvalue weighted by Crippen LogP contribution is -2.46. The van der Waals surface area contributed by atoms with Crippen molar-refractivity contribution < 1.29 is 23.8 Å². The van der Waals surface area contributed by atoms with Gasteiger partial charge in [-0.15, -0.1) is 0 Å². The Morgan fingerprint density at radius 1 is 1.11 bits per heavy atom. The fourth-order valence-corrected chi connectivity index (χ4v) is 5.25. The lowest BCUT2D eigenvalue weighted by atomic mass is 9.85. The van der Waals surface area contributed by atoms with Crippen LogP contribution in [0.2, 0.25) is 0 Å². The molecule has 0 spiro atoms. The molecule has 1 aromatic carbocycles. The van der Waals surface area contributed by atoms with Crippen LogP contribution in [0.5, 0.6) is 6.01 Å². The summed E-state index contributed by atoms with van der Waals surface area (Å²) in [6.45, 7) is 8.97. The van der Waals surface area contributed by atoms with E-state index < -0.39 is 24.0 Å². The molecule has 38 heavy (non-hydrogen) atoms. The number of halogens is 1. The predicted molar refractivity (Wildman–Crippen MR) is 141 cm³/mol. The van der Waals surface area contributed by atoms with Crippen molar-refractivity contribution >= 4 is 22.8 Å². The van der Waals surface area contributed by atoms with Gasteiger partial charge >= 0.3 is 12.1 Å². The number of β-amino-alcohol motifs (C(OH)–C–C–N with tert-alkyl or cyclic N) is 1. The van der Waals surface area contributed by atoms with Gasteiger partial charge in [0.2, 0.25) is 0 Å². The third-order valence-corrected chi connectivity index (χ3v) is 7.11. The van der Waals surface area contributed by atoms with E-state index in [1.54, 1.807) is 31.6 Å². The number of aliphatic hydroxyl groups excluding tert-OH is 1. The van der Waals surface area contributed by atoms with Crippen molar-refractivity contribution in [2.45, 2.75) is 64.3 Å². The number of piperidine rings is 1. The first-order chi connectivity index (χ1) is 18.0. The van der Waals surface area contributed by atoms with Crippen molar-refractivity contribution in [2.24, 2.45) is 0 Å². The second-order valence-corrected chi connectivity index (χ2v) is 11.1. The minimum Gasteiger partial charge on any atom is -0.467 e. The van der Waals surface area contributed by atoms with Crippen LogP contribution < -0.4 is 9.64 Å². The molecule has 5 rings (SSSR count). The highest BCUT2D eigenvalue weighted by Gasteiger charge is 2.35. The molecule has 0 saturated carbocycles. The highest BCUT2D eigenvalue weighted by molar-refractivity contribution is 5.82. The Labute approximate surface area is 221 Å². The Morgan fingerprint density at radius 2 is 1.87 bits per heavy atom. The van der Waals surface area contributed by atoms with E-state index in [1.165, 1.54) is 12.0 Å². The number of methoxy groups -OCH3 is 1. The monoisotopic (exact) mass is 526 g/mol. The van der Waals surface area contributed by atoms with Gasteiger partial charge in [-0.1, -0.05) is 0 Å². The summed E-state index contributed by atoms with van der Waals surface area (Å²) in [6, 6.07) is 6.01. The van der Waals surface area contributed by atoms with E-state index in [-0.39, 0.29) is 18.5 Å². The molecule has 204 valence electrons. The van der Waals surface area contributed by atoms with E-state index in [1.807, 2.05) is 30.0 Å². The zero-order chi connectivity index (χ0) is 27.2. The van der Waals surface area contributed by atoms with Crippen LogP contribution in [0.1, 0.15) is 50.7 Å². The Balaban J connectivity index is 1.45. The molecule has 0 radical (unpaired) electrons. The number of aryl methyl sites for hydroxylation is 1. The van der Waals surface area contributed by atoms with Crippen LogP contribution in [0.3, 0.4) is 0 Å². The summed E-state index contributed by atoms with van der Waals surface area (Å²) in [7, 11) is 1.51. The van der Waals surface area contributed by atoms with E-state index in [9.17, 15) is 9.90 Å². The van der Waals surface area contributed by atoms with Gasteiger partial charge in [-0.25, -0.2) is 13.9 Å². The molecule has 2 aliphatic heterocycles. The number of hydrogen-bond acceptors (Lipinski definition) is 8. The minimum atomic E-state index is -1.23. The van der Waals surface area contributed by atoms with Gasteiger partial charge in [0.05, 0.1) is 31.5 Å². The van der Waals surface area contributed by atoms with E-state index in [0.717, 1.165) is 22.0 Å². The van der Waals surface area contributed by atoms with Gasteiger partial charge in [0.1, 0.15) is 17.6 Å². The number of alkyl halides is 1. The Bertz CT molecular complexity index is 1340. The average molecular weight is 527 g/mol. The number of likely N-dealkylation sites (tertiary alicyclic amines) is 1. The van der Waals surface area contributed by atoms with E-state index >= 15 is 4.39 Å². The van der Waals surface area contributed by atoms with E-state index in [4.69, 9.17) is 9.47 Å². The number of amides is 1. The Morgan fingerprint density at radius 3 is 2.53 bits per heavy atom. The molecule has 11 heteroatoms. The maximum absolute atomic E-state index is 15.5. The summed E-state index contributed by atoms with van der Waals surface area (Å²) in [5.74, 6) is 0.815. The number of hydrogen-bond donors (Lipinski definition) is 1. The third kappa shape index (κ3) is 5.24. The molecule has 0 bridgehead atoms. The molecular weight excluding hydrogens is 491 g/mol. The van der Waals surface area contributed by atoms with Crippen molar-refractivity contribution in [3.63, 3.8) is 0 Å². The molecule has 0 unspecified atom stereocenters. The molecule has 2 aliphatic rings. The quantitative estimate of drug-likeness (QED) is 0.548. The first-order valence-electron chi connectivity index (χ1n) is 13.0. The van der Waals surface area contributed by atoms with Crippen LogP contribution in [-0.4, -0.2) is 87.0 Å². The standard InChI is InChI=1S/C27H35FN6O4/c1-16-10-17-13-29-34(24-12-23(30-25(31-24)37-5)32-8-6-18(35)14-32)22(17)11-20(16)19-7-9-33(15-21(19)28)26(36)38-27(2,3)4/h10-13,18-19,21,35H,6-9,14-15H2,1-5H3/t18-,19+,21+/m1/s1. The predicted octanol–water partition coefficient (Wildman–Crippen LogP) is 3.77. The van der Waals surface area contributed by atoms with Crippen LogP contribution in [0.4, 0.5) is 15.0 Å². The number of benzene rings is 1. The summed E-state index contributed by atoms with van der Waals surface area (Å²) in [5.41, 5.74) is 2.03.